The molecule has 3 nitrogen and oxygen atoms in total. The van der Waals surface area contributed by atoms with Gasteiger partial charge in [0.05, 0.1) is 12.8 Å². The van der Waals surface area contributed by atoms with Crippen molar-refractivity contribution in [3.8, 4) is 5.75 Å². The highest BCUT2D eigenvalue weighted by molar-refractivity contribution is 5.52. The van der Waals surface area contributed by atoms with E-state index in [0.29, 0.717) is 12.2 Å². The number of methoxy groups -OCH3 is 1. The minimum Gasteiger partial charge on any atom is -0.496 e. The first-order valence-electron chi connectivity index (χ1n) is 6.02. The molecule has 2 aromatic rings. The van der Waals surface area contributed by atoms with Crippen LogP contribution in [0, 0.1) is 12.7 Å². The SMILES string of the molecule is COc1ccc(CNc2ccc(N)c(F)c2)cc1C. The molecule has 100 valence electrons. The number of anilines is 2. The number of benzene rings is 2. The van der Waals surface area contributed by atoms with Crippen LogP contribution in [-0.4, -0.2) is 7.11 Å². The Hall–Kier alpha value is -2.23. The summed E-state index contributed by atoms with van der Waals surface area (Å²) < 4.78 is 18.5. The predicted molar refractivity (Wildman–Crippen MR) is 75.9 cm³/mol. The lowest BCUT2D eigenvalue weighted by atomic mass is 10.1. The van der Waals surface area contributed by atoms with E-state index in [1.165, 1.54) is 6.07 Å². The molecule has 0 amide bonds. The van der Waals surface area contributed by atoms with Gasteiger partial charge in [0.2, 0.25) is 0 Å². The number of aryl methyl sites for hydroxylation is 1. The normalized spacial score (nSPS) is 10.3. The van der Waals surface area contributed by atoms with Crippen molar-refractivity contribution in [1.29, 1.82) is 0 Å². The zero-order valence-corrected chi connectivity index (χ0v) is 11.0. The van der Waals surface area contributed by atoms with Crippen molar-refractivity contribution in [2.75, 3.05) is 18.2 Å². The van der Waals surface area contributed by atoms with Crippen LogP contribution in [0.4, 0.5) is 15.8 Å². The molecule has 0 aromatic heterocycles. The van der Waals surface area contributed by atoms with Gasteiger partial charge in [-0.1, -0.05) is 12.1 Å². The molecule has 0 heterocycles. The number of rotatable bonds is 4. The van der Waals surface area contributed by atoms with Crippen LogP contribution < -0.4 is 15.8 Å². The molecule has 19 heavy (non-hydrogen) atoms. The Morgan fingerprint density at radius 2 is 2.00 bits per heavy atom. The first-order valence-corrected chi connectivity index (χ1v) is 6.02. The molecule has 2 aromatic carbocycles. The highest BCUT2D eigenvalue weighted by atomic mass is 19.1. The van der Waals surface area contributed by atoms with E-state index in [4.69, 9.17) is 10.5 Å². The molecular formula is C15H17FN2O. The smallest absolute Gasteiger partial charge is 0.148 e. The van der Waals surface area contributed by atoms with Crippen molar-refractivity contribution in [3.05, 3.63) is 53.3 Å². The number of nitrogen functional groups attached to an aromatic ring is 1. The van der Waals surface area contributed by atoms with Crippen LogP contribution in [0.1, 0.15) is 11.1 Å². The molecule has 0 fully saturated rings. The molecular weight excluding hydrogens is 243 g/mol. The molecule has 0 spiro atoms. The quantitative estimate of drug-likeness (QED) is 0.829. The van der Waals surface area contributed by atoms with Gasteiger partial charge in [0.1, 0.15) is 11.6 Å². The fourth-order valence-electron chi connectivity index (χ4n) is 1.89. The van der Waals surface area contributed by atoms with Gasteiger partial charge < -0.3 is 15.8 Å². The van der Waals surface area contributed by atoms with Crippen molar-refractivity contribution in [3.63, 3.8) is 0 Å². The van der Waals surface area contributed by atoms with Crippen molar-refractivity contribution >= 4 is 11.4 Å². The van der Waals surface area contributed by atoms with Crippen LogP contribution in [0.2, 0.25) is 0 Å². The standard InChI is InChI=1S/C15H17FN2O/c1-10-7-11(3-6-15(10)19-2)9-18-12-4-5-14(17)13(16)8-12/h3-8,18H,9,17H2,1-2H3. The maximum Gasteiger partial charge on any atom is 0.148 e. The third kappa shape index (κ3) is 3.16. The first kappa shape index (κ1) is 13.2. The van der Waals surface area contributed by atoms with E-state index < -0.39 is 5.82 Å². The summed E-state index contributed by atoms with van der Waals surface area (Å²) in [6.07, 6.45) is 0. The molecule has 4 heteroatoms. The molecule has 0 saturated heterocycles. The van der Waals surface area contributed by atoms with E-state index in [9.17, 15) is 4.39 Å². The topological polar surface area (TPSA) is 47.3 Å². The van der Waals surface area contributed by atoms with Gasteiger partial charge in [-0.2, -0.15) is 0 Å². The van der Waals surface area contributed by atoms with E-state index in [0.717, 1.165) is 16.9 Å². The maximum absolute atomic E-state index is 13.3. The highest BCUT2D eigenvalue weighted by Crippen LogP contribution is 2.20. The van der Waals surface area contributed by atoms with Crippen molar-refractivity contribution in [2.45, 2.75) is 13.5 Å². The van der Waals surface area contributed by atoms with Gasteiger partial charge >= 0.3 is 0 Å². The van der Waals surface area contributed by atoms with Gasteiger partial charge in [0, 0.05) is 12.2 Å². The molecule has 0 saturated carbocycles. The number of nitrogens with two attached hydrogens (primary N) is 1. The average Bonchev–Trinajstić information content (AvgIpc) is 2.40. The molecule has 0 bridgehead atoms. The zero-order chi connectivity index (χ0) is 13.8. The molecule has 0 atom stereocenters. The molecule has 3 N–H and O–H groups in total. The summed E-state index contributed by atoms with van der Waals surface area (Å²) in [4.78, 5) is 0. The Balaban J connectivity index is 2.05. The lowest BCUT2D eigenvalue weighted by Crippen LogP contribution is -2.01. The van der Waals surface area contributed by atoms with Crippen LogP contribution in [0.15, 0.2) is 36.4 Å². The van der Waals surface area contributed by atoms with Gasteiger partial charge in [-0.05, 0) is 42.3 Å². The Bertz CT molecular complexity index is 584. The monoisotopic (exact) mass is 260 g/mol. The second-order valence-electron chi connectivity index (χ2n) is 4.39. The van der Waals surface area contributed by atoms with Crippen LogP contribution in [0.5, 0.6) is 5.75 Å². The summed E-state index contributed by atoms with van der Waals surface area (Å²) in [6.45, 7) is 2.61. The maximum atomic E-state index is 13.3. The number of halogens is 1. The summed E-state index contributed by atoms with van der Waals surface area (Å²) >= 11 is 0. The lowest BCUT2D eigenvalue weighted by Gasteiger charge is -2.10. The Morgan fingerprint density at radius 1 is 1.21 bits per heavy atom. The van der Waals surface area contributed by atoms with Crippen LogP contribution >= 0.6 is 0 Å². The zero-order valence-electron chi connectivity index (χ0n) is 11.0. The molecule has 2 rings (SSSR count). The largest absolute Gasteiger partial charge is 0.496 e. The fourth-order valence-corrected chi connectivity index (χ4v) is 1.89. The number of hydrogen-bond donors (Lipinski definition) is 2. The van der Waals surface area contributed by atoms with E-state index in [1.807, 2.05) is 25.1 Å². The van der Waals surface area contributed by atoms with Gasteiger partial charge in [-0.15, -0.1) is 0 Å². The lowest BCUT2D eigenvalue weighted by molar-refractivity contribution is 0.411. The summed E-state index contributed by atoms with van der Waals surface area (Å²) in [7, 11) is 1.65. The Morgan fingerprint density at radius 3 is 2.63 bits per heavy atom. The van der Waals surface area contributed by atoms with Crippen LogP contribution in [0.3, 0.4) is 0 Å². The molecule has 0 radical (unpaired) electrons. The molecule has 0 aliphatic rings. The fraction of sp³-hybridized carbons (Fsp3) is 0.200. The third-order valence-electron chi connectivity index (χ3n) is 2.96. The Kier molecular flexibility index (Phi) is 3.90. The summed E-state index contributed by atoms with van der Waals surface area (Å²) in [5.74, 6) is 0.457. The number of nitrogens with one attached hydrogen (secondary N) is 1. The van der Waals surface area contributed by atoms with E-state index in [1.54, 1.807) is 19.2 Å². The van der Waals surface area contributed by atoms with Crippen LogP contribution in [0.25, 0.3) is 0 Å². The summed E-state index contributed by atoms with van der Waals surface area (Å²) in [5, 5.41) is 3.16. The van der Waals surface area contributed by atoms with Crippen molar-refractivity contribution in [2.24, 2.45) is 0 Å². The van der Waals surface area contributed by atoms with E-state index in [-0.39, 0.29) is 5.69 Å². The van der Waals surface area contributed by atoms with Crippen LogP contribution in [-0.2, 0) is 6.54 Å². The summed E-state index contributed by atoms with van der Waals surface area (Å²) in [6, 6.07) is 10.7. The first-order chi connectivity index (χ1) is 9.10. The van der Waals surface area contributed by atoms with E-state index >= 15 is 0 Å². The minimum atomic E-state index is -0.407. The van der Waals surface area contributed by atoms with Gasteiger partial charge in [0.15, 0.2) is 0 Å². The molecule has 0 aliphatic heterocycles. The molecule has 0 unspecified atom stereocenters. The molecule has 0 aliphatic carbocycles. The third-order valence-corrected chi connectivity index (χ3v) is 2.96. The van der Waals surface area contributed by atoms with Gasteiger partial charge in [0.25, 0.3) is 0 Å². The second kappa shape index (κ2) is 5.61. The van der Waals surface area contributed by atoms with E-state index in [2.05, 4.69) is 5.32 Å². The van der Waals surface area contributed by atoms with Crippen molar-refractivity contribution in [1.82, 2.24) is 0 Å². The minimum absolute atomic E-state index is 0.158. The second-order valence-corrected chi connectivity index (χ2v) is 4.39. The summed E-state index contributed by atoms with van der Waals surface area (Å²) in [5.41, 5.74) is 8.48. The van der Waals surface area contributed by atoms with Gasteiger partial charge in [-0.3, -0.25) is 0 Å². The highest BCUT2D eigenvalue weighted by Gasteiger charge is 2.02. The number of hydrogen-bond acceptors (Lipinski definition) is 3. The van der Waals surface area contributed by atoms with Crippen molar-refractivity contribution < 1.29 is 9.13 Å². The average molecular weight is 260 g/mol. The number of ether oxygens (including phenoxy) is 1. The predicted octanol–water partition coefficient (Wildman–Crippen LogP) is 3.34. The van der Waals surface area contributed by atoms with Gasteiger partial charge in [-0.25, -0.2) is 4.39 Å². The Labute approximate surface area is 112 Å².